The van der Waals surface area contributed by atoms with Crippen LogP contribution >= 0.6 is 0 Å². The van der Waals surface area contributed by atoms with Gasteiger partial charge in [0.05, 0.1) is 12.8 Å². The van der Waals surface area contributed by atoms with Gasteiger partial charge in [0.15, 0.2) is 0 Å². The lowest BCUT2D eigenvalue weighted by Crippen LogP contribution is -2.28. The first kappa shape index (κ1) is 9.99. The lowest BCUT2D eigenvalue weighted by molar-refractivity contribution is 0.337. The topological polar surface area (TPSA) is 48.1 Å². The van der Waals surface area contributed by atoms with E-state index >= 15 is 0 Å². The first-order valence-electron chi connectivity index (χ1n) is 4.41. The molecular formula is C10H16N2O. The molecular weight excluding hydrogens is 164 g/mol. The number of hydrogen-bond donors (Lipinski definition) is 1. The lowest BCUT2D eigenvalue weighted by atomic mass is 9.98. The highest BCUT2D eigenvalue weighted by molar-refractivity contribution is 5.27. The van der Waals surface area contributed by atoms with E-state index in [0.717, 1.165) is 11.3 Å². The van der Waals surface area contributed by atoms with Crippen LogP contribution in [0.15, 0.2) is 18.5 Å². The normalized spacial score (nSPS) is 11.4. The second-order valence-corrected chi connectivity index (χ2v) is 3.56. The van der Waals surface area contributed by atoms with E-state index in [1.165, 1.54) is 0 Å². The van der Waals surface area contributed by atoms with Crippen molar-refractivity contribution in [3.8, 4) is 5.75 Å². The van der Waals surface area contributed by atoms with Gasteiger partial charge in [0.1, 0.15) is 5.75 Å². The average molecular weight is 180 g/mol. The highest BCUT2D eigenvalue weighted by Crippen LogP contribution is 2.20. The summed E-state index contributed by atoms with van der Waals surface area (Å²) in [4.78, 5) is 4.06. The number of nitrogens with zero attached hydrogens (tertiary/aromatic N) is 1. The summed E-state index contributed by atoms with van der Waals surface area (Å²) in [7, 11) is 0. The Morgan fingerprint density at radius 2 is 2.15 bits per heavy atom. The quantitative estimate of drug-likeness (QED) is 0.769. The molecule has 0 atom stereocenters. The molecule has 1 aromatic heterocycles. The summed E-state index contributed by atoms with van der Waals surface area (Å²) in [6.07, 6.45) is 3.46. The Labute approximate surface area is 78.9 Å². The third-order valence-corrected chi connectivity index (χ3v) is 1.77. The van der Waals surface area contributed by atoms with E-state index in [1.807, 2.05) is 26.8 Å². The fourth-order valence-electron chi connectivity index (χ4n) is 1.02. The molecule has 0 saturated heterocycles. The average Bonchev–Trinajstić information content (AvgIpc) is 2.04. The molecule has 0 amide bonds. The Hall–Kier alpha value is -1.09. The maximum atomic E-state index is 5.93. The number of rotatable bonds is 3. The van der Waals surface area contributed by atoms with Crippen molar-refractivity contribution >= 4 is 0 Å². The minimum atomic E-state index is -0.361. The molecule has 0 radical (unpaired) electrons. The SMILES string of the molecule is CCOc1cncc(C(C)(C)N)c1. The second-order valence-electron chi connectivity index (χ2n) is 3.56. The van der Waals surface area contributed by atoms with Crippen LogP contribution in [-0.4, -0.2) is 11.6 Å². The van der Waals surface area contributed by atoms with Crippen molar-refractivity contribution in [3.05, 3.63) is 24.0 Å². The Kier molecular flexibility index (Phi) is 2.88. The number of aromatic nitrogens is 1. The van der Waals surface area contributed by atoms with Gasteiger partial charge >= 0.3 is 0 Å². The van der Waals surface area contributed by atoms with Gasteiger partial charge in [-0.05, 0) is 32.4 Å². The van der Waals surface area contributed by atoms with Gasteiger partial charge in [-0.25, -0.2) is 0 Å². The number of nitrogens with two attached hydrogens (primary N) is 1. The van der Waals surface area contributed by atoms with E-state index in [0.29, 0.717) is 6.61 Å². The smallest absolute Gasteiger partial charge is 0.137 e. The van der Waals surface area contributed by atoms with Gasteiger partial charge < -0.3 is 10.5 Å². The van der Waals surface area contributed by atoms with E-state index in [2.05, 4.69) is 4.98 Å². The molecule has 1 aromatic rings. The zero-order valence-electron chi connectivity index (χ0n) is 8.37. The fraction of sp³-hybridized carbons (Fsp3) is 0.500. The van der Waals surface area contributed by atoms with Crippen molar-refractivity contribution in [1.82, 2.24) is 4.98 Å². The van der Waals surface area contributed by atoms with E-state index in [4.69, 9.17) is 10.5 Å². The molecule has 0 aromatic carbocycles. The predicted octanol–water partition coefficient (Wildman–Crippen LogP) is 1.67. The van der Waals surface area contributed by atoms with Gasteiger partial charge in [0.2, 0.25) is 0 Å². The molecule has 0 saturated carbocycles. The van der Waals surface area contributed by atoms with Crippen molar-refractivity contribution in [2.75, 3.05) is 6.61 Å². The molecule has 0 bridgehead atoms. The molecule has 72 valence electrons. The molecule has 2 N–H and O–H groups in total. The van der Waals surface area contributed by atoms with Gasteiger partial charge in [-0.15, -0.1) is 0 Å². The Balaban J connectivity index is 2.92. The third kappa shape index (κ3) is 2.70. The zero-order chi connectivity index (χ0) is 9.90. The van der Waals surface area contributed by atoms with E-state index in [-0.39, 0.29) is 5.54 Å². The Morgan fingerprint density at radius 1 is 1.46 bits per heavy atom. The number of ether oxygens (including phenoxy) is 1. The van der Waals surface area contributed by atoms with Crippen molar-refractivity contribution in [1.29, 1.82) is 0 Å². The van der Waals surface area contributed by atoms with Crippen LogP contribution in [0, 0.1) is 0 Å². The van der Waals surface area contributed by atoms with Gasteiger partial charge in [0.25, 0.3) is 0 Å². The predicted molar refractivity (Wildman–Crippen MR) is 52.6 cm³/mol. The maximum absolute atomic E-state index is 5.93. The molecule has 3 nitrogen and oxygen atoms in total. The summed E-state index contributed by atoms with van der Waals surface area (Å²) >= 11 is 0. The molecule has 0 spiro atoms. The van der Waals surface area contributed by atoms with Crippen molar-refractivity contribution in [2.45, 2.75) is 26.3 Å². The van der Waals surface area contributed by atoms with Crippen LogP contribution in [0.25, 0.3) is 0 Å². The molecule has 0 aliphatic rings. The van der Waals surface area contributed by atoms with Gasteiger partial charge in [-0.1, -0.05) is 0 Å². The number of pyridine rings is 1. The molecule has 1 rings (SSSR count). The van der Waals surface area contributed by atoms with Crippen molar-refractivity contribution < 1.29 is 4.74 Å². The van der Waals surface area contributed by atoms with Crippen LogP contribution < -0.4 is 10.5 Å². The molecule has 0 aliphatic carbocycles. The van der Waals surface area contributed by atoms with Crippen LogP contribution in [-0.2, 0) is 5.54 Å². The highest BCUT2D eigenvalue weighted by Gasteiger charge is 2.14. The summed E-state index contributed by atoms with van der Waals surface area (Å²) in [5, 5.41) is 0. The highest BCUT2D eigenvalue weighted by atomic mass is 16.5. The molecule has 0 fully saturated rings. The summed E-state index contributed by atoms with van der Waals surface area (Å²) < 4.78 is 5.32. The second kappa shape index (κ2) is 3.75. The largest absolute Gasteiger partial charge is 0.492 e. The molecule has 1 heterocycles. The third-order valence-electron chi connectivity index (χ3n) is 1.77. The Bertz CT molecular complexity index is 278. The summed E-state index contributed by atoms with van der Waals surface area (Å²) in [6, 6.07) is 1.93. The van der Waals surface area contributed by atoms with E-state index in [9.17, 15) is 0 Å². The summed E-state index contributed by atoms with van der Waals surface area (Å²) in [5.41, 5.74) is 6.55. The zero-order valence-corrected chi connectivity index (χ0v) is 8.37. The monoisotopic (exact) mass is 180 g/mol. The first-order valence-corrected chi connectivity index (χ1v) is 4.41. The minimum Gasteiger partial charge on any atom is -0.492 e. The van der Waals surface area contributed by atoms with Crippen molar-refractivity contribution in [3.63, 3.8) is 0 Å². The van der Waals surface area contributed by atoms with Crippen LogP contribution in [0.4, 0.5) is 0 Å². The van der Waals surface area contributed by atoms with Crippen LogP contribution in [0.5, 0.6) is 5.75 Å². The van der Waals surface area contributed by atoms with Crippen molar-refractivity contribution in [2.24, 2.45) is 5.73 Å². The van der Waals surface area contributed by atoms with Gasteiger partial charge in [0, 0.05) is 11.7 Å². The molecule has 0 aliphatic heterocycles. The lowest BCUT2D eigenvalue weighted by Gasteiger charge is -2.19. The van der Waals surface area contributed by atoms with E-state index < -0.39 is 0 Å². The van der Waals surface area contributed by atoms with Crippen LogP contribution in [0.3, 0.4) is 0 Å². The summed E-state index contributed by atoms with van der Waals surface area (Å²) in [6.45, 7) is 6.48. The maximum Gasteiger partial charge on any atom is 0.137 e. The van der Waals surface area contributed by atoms with E-state index in [1.54, 1.807) is 12.4 Å². The Morgan fingerprint density at radius 3 is 2.69 bits per heavy atom. The van der Waals surface area contributed by atoms with Crippen LogP contribution in [0.1, 0.15) is 26.3 Å². The summed E-state index contributed by atoms with van der Waals surface area (Å²) in [5.74, 6) is 0.776. The first-order chi connectivity index (χ1) is 6.04. The molecule has 13 heavy (non-hydrogen) atoms. The van der Waals surface area contributed by atoms with Crippen LogP contribution in [0.2, 0.25) is 0 Å². The van der Waals surface area contributed by atoms with Gasteiger partial charge in [-0.3, -0.25) is 4.98 Å². The molecule has 3 heteroatoms. The number of hydrogen-bond acceptors (Lipinski definition) is 3. The molecule has 0 unspecified atom stereocenters. The van der Waals surface area contributed by atoms with Gasteiger partial charge in [-0.2, -0.15) is 0 Å². The standard InChI is InChI=1S/C10H16N2O/c1-4-13-9-5-8(6-12-7-9)10(2,3)11/h5-7H,4,11H2,1-3H3. The fourth-order valence-corrected chi connectivity index (χ4v) is 1.02. The minimum absolute atomic E-state index is 0.361.